The first kappa shape index (κ1) is 22.6. The molecule has 0 aromatic heterocycles. The van der Waals surface area contributed by atoms with Crippen molar-refractivity contribution in [1.82, 2.24) is 0 Å². The van der Waals surface area contributed by atoms with Gasteiger partial charge in [-0.2, -0.15) is 0 Å². The van der Waals surface area contributed by atoms with Crippen LogP contribution in [0, 0.1) is 0 Å². The summed E-state index contributed by atoms with van der Waals surface area (Å²) in [5.74, 6) is 0. The zero-order chi connectivity index (χ0) is 4.50. The van der Waals surface area contributed by atoms with Crippen molar-refractivity contribution >= 4 is 7.82 Å². The van der Waals surface area contributed by atoms with Gasteiger partial charge in [-0.15, -0.1) is 0 Å². The van der Waals surface area contributed by atoms with E-state index in [1.807, 2.05) is 0 Å². The molecule has 0 saturated heterocycles. The topological polar surface area (TPSA) is 109 Å². The van der Waals surface area contributed by atoms with Crippen molar-refractivity contribution in [2.45, 2.75) is 0 Å². The maximum absolute atomic E-state index is 8.88. The number of hydrogen-bond donors (Lipinski definition) is 3. The standard InChI is InChI=1S/Li.Na.H3O4P.H2O.2H/c;;1-5(2,3)4;;;/h;;(H3,1,2,3,4);1H2;;/q2*+1;;;2*-1. The van der Waals surface area contributed by atoms with E-state index in [2.05, 4.69) is 0 Å². The Morgan fingerprint density at radius 1 is 1.25 bits per heavy atom. The molecule has 5 nitrogen and oxygen atoms in total. The van der Waals surface area contributed by atoms with Gasteiger partial charge < -0.3 is 23.0 Å². The summed E-state index contributed by atoms with van der Waals surface area (Å²) in [5, 5.41) is 0. The number of rotatable bonds is 0. The Balaban J connectivity index is -0.00000000800. The van der Waals surface area contributed by atoms with Crippen LogP contribution in [0.1, 0.15) is 2.85 Å². The zero-order valence-corrected chi connectivity index (χ0v) is 7.59. The van der Waals surface area contributed by atoms with Crippen LogP contribution in [0.15, 0.2) is 0 Å². The van der Waals surface area contributed by atoms with Gasteiger partial charge in [-0.1, -0.05) is 0 Å². The van der Waals surface area contributed by atoms with Crippen LogP contribution in [0.4, 0.5) is 0 Å². The normalized spacial score (nSPS) is 7.38. The summed E-state index contributed by atoms with van der Waals surface area (Å²) in [6, 6.07) is 0. The molecule has 8 heteroatoms. The van der Waals surface area contributed by atoms with Gasteiger partial charge in [0.2, 0.25) is 0 Å². The Morgan fingerprint density at radius 2 is 1.25 bits per heavy atom. The predicted molar refractivity (Wildman–Crippen MR) is 20.1 cm³/mol. The quantitative estimate of drug-likeness (QED) is 0.234. The van der Waals surface area contributed by atoms with Gasteiger partial charge in [0.15, 0.2) is 0 Å². The molecule has 0 heterocycles. The van der Waals surface area contributed by atoms with Crippen molar-refractivity contribution in [1.29, 1.82) is 0 Å². The molecule has 5 N–H and O–H groups in total. The van der Waals surface area contributed by atoms with Crippen molar-refractivity contribution in [2.75, 3.05) is 0 Å². The average molecular weight is 148 g/mol. The zero-order valence-electron chi connectivity index (χ0n) is 6.70. The van der Waals surface area contributed by atoms with Crippen LogP contribution < -0.4 is 48.4 Å². The maximum Gasteiger partial charge on any atom is 1.00 e. The molecule has 8 heavy (non-hydrogen) atoms. The van der Waals surface area contributed by atoms with E-state index in [1.165, 1.54) is 0 Å². The second kappa shape index (κ2) is 8.67. The van der Waals surface area contributed by atoms with Gasteiger partial charge in [0.25, 0.3) is 0 Å². The molecule has 0 atom stereocenters. The van der Waals surface area contributed by atoms with Crippen LogP contribution in [-0.2, 0) is 4.57 Å². The second-order valence-electron chi connectivity index (χ2n) is 0.513. The molecule has 0 rings (SSSR count). The van der Waals surface area contributed by atoms with Crippen molar-refractivity contribution in [3.05, 3.63) is 0 Å². The molecule has 0 aromatic carbocycles. The van der Waals surface area contributed by atoms with Crippen LogP contribution in [0.5, 0.6) is 0 Å². The second-order valence-corrected chi connectivity index (χ2v) is 1.54. The van der Waals surface area contributed by atoms with Crippen LogP contribution in [0.3, 0.4) is 0 Å². The minimum atomic E-state index is -4.64. The van der Waals surface area contributed by atoms with E-state index in [0.29, 0.717) is 0 Å². The number of phosphoric acid groups is 1. The molecule has 0 radical (unpaired) electrons. The van der Waals surface area contributed by atoms with E-state index in [9.17, 15) is 0 Å². The average Bonchev–Trinajstić information content (AvgIpc) is 0.722. The first-order chi connectivity index (χ1) is 2.00. The molecular formula is H7LiNaO5P. The Bertz CT molecular complexity index is 65.8. The van der Waals surface area contributed by atoms with E-state index in [-0.39, 0.29) is 56.7 Å². The third kappa shape index (κ3) is 123. The molecule has 0 aromatic rings. The molecular weight excluding hydrogens is 141 g/mol. The van der Waals surface area contributed by atoms with Crippen LogP contribution in [0.2, 0.25) is 0 Å². The third-order valence-corrected chi connectivity index (χ3v) is 0. The molecule has 0 unspecified atom stereocenters. The van der Waals surface area contributed by atoms with Crippen molar-refractivity contribution in [2.24, 2.45) is 0 Å². The first-order valence-corrected chi connectivity index (χ1v) is 2.35. The Labute approximate surface area is 83.5 Å². The molecule has 0 bridgehead atoms. The van der Waals surface area contributed by atoms with Gasteiger partial charge in [0.1, 0.15) is 0 Å². The van der Waals surface area contributed by atoms with E-state index in [0.717, 1.165) is 0 Å². The molecule has 0 aliphatic rings. The molecule has 0 spiro atoms. The Kier molecular flexibility index (Phi) is 24.5. The van der Waals surface area contributed by atoms with Gasteiger partial charge in [0, 0.05) is 0 Å². The fraction of sp³-hybridized carbons (Fsp3) is 0. The minimum absolute atomic E-state index is 0. The maximum atomic E-state index is 8.88. The van der Waals surface area contributed by atoms with Crippen molar-refractivity contribution in [3.8, 4) is 0 Å². The fourth-order valence-electron chi connectivity index (χ4n) is 0. The molecule has 0 saturated carbocycles. The Hall–Kier alpha value is 1.67. The van der Waals surface area contributed by atoms with E-state index >= 15 is 0 Å². The summed E-state index contributed by atoms with van der Waals surface area (Å²) in [6.07, 6.45) is 0. The molecule has 0 fully saturated rings. The van der Waals surface area contributed by atoms with Crippen LogP contribution in [-0.4, -0.2) is 20.2 Å². The predicted octanol–water partition coefficient (Wildman–Crippen LogP) is -7.52. The van der Waals surface area contributed by atoms with Crippen molar-refractivity contribution < 1.29 is 76.0 Å². The van der Waals surface area contributed by atoms with E-state index < -0.39 is 7.82 Å². The third-order valence-electron chi connectivity index (χ3n) is 0. The summed E-state index contributed by atoms with van der Waals surface area (Å²) in [7, 11) is -4.64. The largest absolute Gasteiger partial charge is 1.00 e. The summed E-state index contributed by atoms with van der Waals surface area (Å²) in [4.78, 5) is 21.6. The molecule has 0 aliphatic heterocycles. The summed E-state index contributed by atoms with van der Waals surface area (Å²) in [6.45, 7) is 0. The molecule has 0 amide bonds. The van der Waals surface area contributed by atoms with Crippen molar-refractivity contribution in [3.63, 3.8) is 0 Å². The van der Waals surface area contributed by atoms with Gasteiger partial charge in [-0.3, -0.25) is 0 Å². The SMILES string of the molecule is O.O=P(O)(O)O.[H-].[H-].[Li+].[Na+]. The monoisotopic (exact) mass is 148 g/mol. The van der Waals surface area contributed by atoms with Crippen LogP contribution >= 0.6 is 7.82 Å². The summed E-state index contributed by atoms with van der Waals surface area (Å²) in [5.41, 5.74) is 0. The van der Waals surface area contributed by atoms with Gasteiger partial charge in [-0.05, 0) is 0 Å². The van der Waals surface area contributed by atoms with Gasteiger partial charge >= 0.3 is 56.2 Å². The first-order valence-electron chi connectivity index (χ1n) is 0.783. The van der Waals surface area contributed by atoms with E-state index in [4.69, 9.17) is 19.2 Å². The van der Waals surface area contributed by atoms with E-state index in [1.54, 1.807) is 0 Å². The Morgan fingerprint density at radius 3 is 1.25 bits per heavy atom. The number of hydrogen-bond acceptors (Lipinski definition) is 1. The van der Waals surface area contributed by atoms with Gasteiger partial charge in [-0.25, -0.2) is 4.57 Å². The van der Waals surface area contributed by atoms with Crippen LogP contribution in [0.25, 0.3) is 0 Å². The smallest absolute Gasteiger partial charge is 1.00 e. The fourth-order valence-corrected chi connectivity index (χ4v) is 0. The minimum Gasteiger partial charge on any atom is -1.00 e. The summed E-state index contributed by atoms with van der Waals surface area (Å²) < 4.78 is 8.88. The van der Waals surface area contributed by atoms with Gasteiger partial charge in [0.05, 0.1) is 0 Å². The molecule has 0 aliphatic carbocycles. The molecule has 44 valence electrons. The summed E-state index contributed by atoms with van der Waals surface area (Å²) >= 11 is 0.